The Labute approximate surface area is 125 Å². The van der Waals surface area contributed by atoms with Crippen molar-refractivity contribution in [3.63, 3.8) is 0 Å². The maximum Gasteiger partial charge on any atom is 0.161 e. The van der Waals surface area contributed by atoms with Crippen LogP contribution in [0.1, 0.15) is 12.6 Å². The van der Waals surface area contributed by atoms with E-state index in [0.717, 1.165) is 20.6 Å². The number of halogens is 2. The fourth-order valence-electron chi connectivity index (χ4n) is 1.52. The number of aromatic nitrogens is 2. The van der Waals surface area contributed by atoms with Crippen LogP contribution in [0.2, 0.25) is 5.15 Å². The monoisotopic (exact) mass is 374 g/mol. The van der Waals surface area contributed by atoms with Crippen molar-refractivity contribution in [2.45, 2.75) is 13.8 Å². The third-order valence-corrected chi connectivity index (χ3v) is 4.28. The van der Waals surface area contributed by atoms with Crippen molar-refractivity contribution < 1.29 is 4.74 Å². The van der Waals surface area contributed by atoms with Gasteiger partial charge in [-0.3, -0.25) is 0 Å². The average Bonchev–Trinajstić information content (AvgIpc) is 2.37. The highest BCUT2D eigenvalue weighted by molar-refractivity contribution is 14.1. The Hall–Kier alpha value is -0.880. The van der Waals surface area contributed by atoms with Crippen LogP contribution >= 0.6 is 34.2 Å². The molecule has 0 bridgehead atoms. The van der Waals surface area contributed by atoms with E-state index < -0.39 is 0 Å². The minimum Gasteiger partial charge on any atom is -0.494 e. The van der Waals surface area contributed by atoms with Gasteiger partial charge in [-0.2, -0.15) is 0 Å². The van der Waals surface area contributed by atoms with Crippen LogP contribution in [0.3, 0.4) is 0 Å². The van der Waals surface area contributed by atoms with Crippen molar-refractivity contribution in [1.29, 1.82) is 0 Å². The zero-order chi connectivity index (χ0) is 13.1. The van der Waals surface area contributed by atoms with Crippen LogP contribution in [0.15, 0.2) is 24.3 Å². The molecule has 1 aromatic carbocycles. The third kappa shape index (κ3) is 2.92. The number of hydrogen-bond donors (Lipinski definition) is 0. The predicted octanol–water partition coefficient (Wildman–Crippen LogP) is 4.11. The first-order valence-electron chi connectivity index (χ1n) is 5.54. The number of rotatable bonds is 3. The third-order valence-electron chi connectivity index (χ3n) is 2.40. The Morgan fingerprint density at radius 3 is 2.44 bits per heavy atom. The second-order valence-corrected chi connectivity index (χ2v) is 5.13. The predicted molar refractivity (Wildman–Crippen MR) is 81.1 cm³/mol. The number of nitrogens with zero attached hydrogens (tertiary/aromatic N) is 2. The largest absolute Gasteiger partial charge is 0.494 e. The maximum absolute atomic E-state index is 6.07. The highest BCUT2D eigenvalue weighted by Crippen LogP contribution is 2.24. The fraction of sp³-hybridized carbons (Fsp3) is 0.231. The number of hydrogen-bond acceptors (Lipinski definition) is 3. The van der Waals surface area contributed by atoms with Gasteiger partial charge >= 0.3 is 0 Å². The van der Waals surface area contributed by atoms with Crippen LogP contribution in [0.5, 0.6) is 5.75 Å². The molecule has 0 saturated heterocycles. The summed E-state index contributed by atoms with van der Waals surface area (Å²) in [6, 6.07) is 7.68. The molecule has 3 nitrogen and oxygen atoms in total. The van der Waals surface area contributed by atoms with Gasteiger partial charge in [0, 0.05) is 5.56 Å². The summed E-state index contributed by atoms with van der Waals surface area (Å²) < 4.78 is 6.29. The molecule has 0 aliphatic rings. The van der Waals surface area contributed by atoms with Gasteiger partial charge in [-0.15, -0.1) is 0 Å². The molecule has 1 heterocycles. The maximum atomic E-state index is 6.07. The smallest absolute Gasteiger partial charge is 0.161 e. The second-order valence-electron chi connectivity index (χ2n) is 3.69. The summed E-state index contributed by atoms with van der Waals surface area (Å²) in [5.74, 6) is 1.48. The summed E-state index contributed by atoms with van der Waals surface area (Å²) in [6.45, 7) is 4.54. The van der Waals surface area contributed by atoms with Gasteiger partial charge in [0.2, 0.25) is 0 Å². The van der Waals surface area contributed by atoms with Gasteiger partial charge in [0.05, 0.1) is 15.9 Å². The van der Waals surface area contributed by atoms with E-state index in [4.69, 9.17) is 16.3 Å². The van der Waals surface area contributed by atoms with Gasteiger partial charge in [-0.25, -0.2) is 9.97 Å². The lowest BCUT2D eigenvalue weighted by molar-refractivity contribution is 0.340. The molecule has 0 fully saturated rings. The van der Waals surface area contributed by atoms with Crippen molar-refractivity contribution in [3.05, 3.63) is 38.7 Å². The van der Waals surface area contributed by atoms with E-state index in [9.17, 15) is 0 Å². The molecule has 0 unspecified atom stereocenters. The van der Waals surface area contributed by atoms with Crippen molar-refractivity contribution >= 4 is 34.2 Å². The van der Waals surface area contributed by atoms with Crippen molar-refractivity contribution in [3.8, 4) is 17.1 Å². The van der Waals surface area contributed by atoms with Gasteiger partial charge in [-0.1, -0.05) is 11.6 Å². The van der Waals surface area contributed by atoms with E-state index in [1.54, 1.807) is 0 Å². The minimum absolute atomic E-state index is 0.493. The Balaban J connectivity index is 2.36. The molecule has 2 rings (SSSR count). The average molecular weight is 375 g/mol. The number of benzene rings is 1. The first-order valence-corrected chi connectivity index (χ1v) is 7.00. The molecular weight excluding hydrogens is 363 g/mol. The van der Waals surface area contributed by atoms with Gasteiger partial charge < -0.3 is 4.74 Å². The van der Waals surface area contributed by atoms with Crippen molar-refractivity contribution in [1.82, 2.24) is 9.97 Å². The standard InChI is InChI=1S/C13H12ClIN2O/c1-3-18-10-6-4-9(5-7-10)13-16-8(2)11(15)12(14)17-13/h4-7H,3H2,1-2H3. The zero-order valence-corrected chi connectivity index (χ0v) is 13.0. The molecule has 0 N–H and O–H groups in total. The van der Waals surface area contributed by atoms with E-state index in [1.807, 2.05) is 38.1 Å². The van der Waals surface area contributed by atoms with Gasteiger partial charge in [0.1, 0.15) is 10.9 Å². The summed E-state index contributed by atoms with van der Waals surface area (Å²) >= 11 is 8.21. The van der Waals surface area contributed by atoms with E-state index in [-0.39, 0.29) is 0 Å². The van der Waals surface area contributed by atoms with Crippen LogP contribution in [0.25, 0.3) is 11.4 Å². The number of ether oxygens (including phenoxy) is 1. The van der Waals surface area contributed by atoms with E-state index in [0.29, 0.717) is 17.6 Å². The summed E-state index contributed by atoms with van der Waals surface area (Å²) in [4.78, 5) is 8.72. The SMILES string of the molecule is CCOc1ccc(-c2nc(C)c(I)c(Cl)n2)cc1. The Morgan fingerprint density at radius 2 is 1.89 bits per heavy atom. The summed E-state index contributed by atoms with van der Waals surface area (Å²) in [7, 11) is 0. The Bertz CT molecular complexity index is 534. The molecule has 0 atom stereocenters. The first-order chi connectivity index (χ1) is 8.61. The highest BCUT2D eigenvalue weighted by atomic mass is 127. The Kier molecular flexibility index (Phi) is 4.40. The molecule has 0 saturated carbocycles. The molecule has 94 valence electrons. The van der Waals surface area contributed by atoms with Crippen LogP contribution < -0.4 is 4.74 Å². The molecule has 0 aliphatic carbocycles. The Morgan fingerprint density at radius 1 is 1.22 bits per heavy atom. The van der Waals surface area contributed by atoms with Gasteiger partial charge in [0.15, 0.2) is 5.82 Å². The fourth-order valence-corrected chi connectivity index (χ4v) is 1.98. The van der Waals surface area contributed by atoms with Gasteiger partial charge in [-0.05, 0) is 60.7 Å². The minimum atomic E-state index is 0.493. The zero-order valence-electron chi connectivity index (χ0n) is 10.1. The molecule has 5 heteroatoms. The van der Waals surface area contributed by atoms with E-state index in [1.165, 1.54) is 0 Å². The van der Waals surface area contributed by atoms with Crippen molar-refractivity contribution in [2.24, 2.45) is 0 Å². The van der Waals surface area contributed by atoms with Crippen molar-refractivity contribution in [2.75, 3.05) is 6.61 Å². The van der Waals surface area contributed by atoms with Crippen LogP contribution in [-0.2, 0) is 0 Å². The molecule has 0 amide bonds. The normalized spacial score (nSPS) is 10.4. The molecule has 0 radical (unpaired) electrons. The van der Waals surface area contributed by atoms with Crippen LogP contribution in [0, 0.1) is 10.5 Å². The molecule has 0 aliphatic heterocycles. The van der Waals surface area contributed by atoms with Gasteiger partial charge in [0.25, 0.3) is 0 Å². The van der Waals surface area contributed by atoms with E-state index >= 15 is 0 Å². The summed E-state index contributed by atoms with van der Waals surface area (Å²) in [5, 5.41) is 0.493. The van der Waals surface area contributed by atoms with E-state index in [2.05, 4.69) is 32.6 Å². The first kappa shape index (κ1) is 13.5. The number of aryl methyl sites for hydroxylation is 1. The topological polar surface area (TPSA) is 35.0 Å². The highest BCUT2D eigenvalue weighted by Gasteiger charge is 2.09. The summed E-state index contributed by atoms with van der Waals surface area (Å²) in [5.41, 5.74) is 1.82. The lowest BCUT2D eigenvalue weighted by Gasteiger charge is -2.06. The lowest BCUT2D eigenvalue weighted by atomic mass is 10.2. The van der Waals surface area contributed by atoms with Crippen LogP contribution in [-0.4, -0.2) is 16.6 Å². The molecular formula is C13H12ClIN2O. The quantitative estimate of drug-likeness (QED) is 0.599. The molecule has 18 heavy (non-hydrogen) atoms. The summed E-state index contributed by atoms with van der Waals surface area (Å²) in [6.07, 6.45) is 0. The second kappa shape index (κ2) is 5.84. The lowest BCUT2D eigenvalue weighted by Crippen LogP contribution is -1.97. The molecule has 2 aromatic rings. The molecule has 0 spiro atoms. The van der Waals surface area contributed by atoms with Crippen LogP contribution in [0.4, 0.5) is 0 Å². The molecule has 1 aromatic heterocycles.